The van der Waals surface area contributed by atoms with Crippen LogP contribution in [0.2, 0.25) is 5.02 Å². The van der Waals surface area contributed by atoms with Gasteiger partial charge < -0.3 is 10.1 Å². The van der Waals surface area contributed by atoms with Crippen molar-refractivity contribution in [3.05, 3.63) is 28.5 Å². The van der Waals surface area contributed by atoms with E-state index in [0.717, 1.165) is 12.1 Å². The summed E-state index contributed by atoms with van der Waals surface area (Å²) in [5.74, 6) is -2.04. The fourth-order valence-corrected chi connectivity index (χ4v) is 2.29. The summed E-state index contributed by atoms with van der Waals surface area (Å²) in [6.07, 6.45) is -0.279. The zero-order valence-electron chi connectivity index (χ0n) is 10.8. The average Bonchev–Trinajstić information content (AvgIpc) is 2.36. The third-order valence-electron chi connectivity index (χ3n) is 2.51. The van der Waals surface area contributed by atoms with Crippen LogP contribution in [0.5, 0.6) is 0 Å². The van der Waals surface area contributed by atoms with Crippen LogP contribution in [-0.4, -0.2) is 34.1 Å². The number of carbonyl (C=O) groups excluding carboxylic acids is 1. The Bertz CT molecular complexity index is 621. The number of amides is 1. The lowest BCUT2D eigenvalue weighted by molar-refractivity contribution is 0.0866. The minimum absolute atomic E-state index is 0.111. The smallest absolute Gasteiger partial charge is 0.254 e. The van der Waals surface area contributed by atoms with E-state index in [1.165, 1.54) is 7.11 Å². The van der Waals surface area contributed by atoms with Gasteiger partial charge in [0.2, 0.25) is 10.0 Å². The van der Waals surface area contributed by atoms with Gasteiger partial charge in [-0.15, -0.1) is 0 Å². The number of nitrogens with two attached hydrogens (primary N) is 1. The van der Waals surface area contributed by atoms with Gasteiger partial charge in [0.1, 0.15) is 4.90 Å². The molecule has 0 aliphatic heterocycles. The highest BCUT2D eigenvalue weighted by atomic mass is 35.5. The Morgan fingerprint density at radius 2 is 2.15 bits per heavy atom. The Morgan fingerprint density at radius 1 is 1.55 bits per heavy atom. The summed E-state index contributed by atoms with van der Waals surface area (Å²) in [7, 11) is -2.86. The van der Waals surface area contributed by atoms with E-state index in [4.69, 9.17) is 21.5 Å². The summed E-state index contributed by atoms with van der Waals surface area (Å²) in [5.41, 5.74) is -0.496. The molecule has 0 spiro atoms. The minimum atomic E-state index is -4.31. The molecule has 1 rings (SSSR count). The van der Waals surface area contributed by atoms with Crippen molar-refractivity contribution in [2.24, 2.45) is 5.14 Å². The van der Waals surface area contributed by atoms with Gasteiger partial charge in [-0.1, -0.05) is 11.6 Å². The van der Waals surface area contributed by atoms with E-state index in [-0.39, 0.29) is 17.7 Å². The molecule has 0 aliphatic rings. The Morgan fingerprint density at radius 3 is 2.65 bits per heavy atom. The van der Waals surface area contributed by atoms with Crippen LogP contribution in [-0.2, 0) is 14.8 Å². The molecule has 1 unspecified atom stereocenters. The van der Waals surface area contributed by atoms with Crippen molar-refractivity contribution in [3.8, 4) is 0 Å². The predicted molar refractivity (Wildman–Crippen MR) is 71.6 cm³/mol. The molecule has 0 radical (unpaired) electrons. The first-order valence-corrected chi connectivity index (χ1v) is 7.42. The summed E-state index contributed by atoms with van der Waals surface area (Å²) < 4.78 is 41.4. The van der Waals surface area contributed by atoms with Crippen LogP contribution >= 0.6 is 11.6 Å². The number of carbonyl (C=O) groups is 1. The van der Waals surface area contributed by atoms with Crippen molar-refractivity contribution in [1.82, 2.24) is 5.32 Å². The van der Waals surface area contributed by atoms with Gasteiger partial charge in [-0.05, 0) is 19.1 Å². The van der Waals surface area contributed by atoms with E-state index in [9.17, 15) is 17.6 Å². The molecule has 0 saturated carbocycles. The molecule has 1 aromatic rings. The monoisotopic (exact) mass is 324 g/mol. The predicted octanol–water partition coefficient (Wildman–Crippen LogP) is 0.891. The lowest BCUT2D eigenvalue weighted by Gasteiger charge is -2.12. The molecule has 112 valence electrons. The van der Waals surface area contributed by atoms with E-state index in [2.05, 4.69) is 5.32 Å². The highest BCUT2D eigenvalue weighted by molar-refractivity contribution is 7.89. The third kappa shape index (κ3) is 4.14. The maximum Gasteiger partial charge on any atom is 0.254 e. The SMILES string of the molecule is COC(C)CNC(=O)c1cc(Cl)cc(S(N)(=O)=O)c1F. The van der Waals surface area contributed by atoms with Gasteiger partial charge >= 0.3 is 0 Å². The highest BCUT2D eigenvalue weighted by Crippen LogP contribution is 2.22. The number of hydrogen-bond acceptors (Lipinski definition) is 4. The zero-order valence-corrected chi connectivity index (χ0v) is 12.4. The van der Waals surface area contributed by atoms with Gasteiger partial charge in [0.05, 0.1) is 11.7 Å². The standard InChI is InChI=1S/C11H14ClFN2O4S/c1-6(19-2)5-15-11(16)8-3-7(12)4-9(10(8)13)20(14,17)18/h3-4,6H,5H2,1-2H3,(H,15,16)(H2,14,17,18). The average molecular weight is 325 g/mol. The molecule has 0 bridgehead atoms. The number of hydrogen-bond donors (Lipinski definition) is 2. The van der Waals surface area contributed by atoms with Crippen molar-refractivity contribution in [1.29, 1.82) is 0 Å². The lowest BCUT2D eigenvalue weighted by Crippen LogP contribution is -2.32. The van der Waals surface area contributed by atoms with Crippen LogP contribution in [0.3, 0.4) is 0 Å². The number of primary sulfonamides is 1. The largest absolute Gasteiger partial charge is 0.380 e. The summed E-state index contributed by atoms with van der Waals surface area (Å²) in [5, 5.41) is 7.15. The Hall–Kier alpha value is -1.22. The van der Waals surface area contributed by atoms with Crippen molar-refractivity contribution in [3.63, 3.8) is 0 Å². The molecule has 6 nitrogen and oxygen atoms in total. The van der Waals surface area contributed by atoms with Crippen LogP contribution in [0.25, 0.3) is 0 Å². The number of sulfonamides is 1. The second-order valence-corrected chi connectivity index (χ2v) is 6.03. The van der Waals surface area contributed by atoms with Crippen molar-refractivity contribution in [2.75, 3.05) is 13.7 Å². The number of benzene rings is 1. The van der Waals surface area contributed by atoms with Gasteiger partial charge in [-0.3, -0.25) is 4.79 Å². The maximum atomic E-state index is 14.0. The summed E-state index contributed by atoms with van der Waals surface area (Å²) >= 11 is 5.67. The maximum absolute atomic E-state index is 14.0. The number of ether oxygens (including phenoxy) is 1. The van der Waals surface area contributed by atoms with E-state index in [1.54, 1.807) is 6.92 Å². The number of nitrogens with one attached hydrogen (secondary N) is 1. The van der Waals surface area contributed by atoms with Crippen LogP contribution in [0, 0.1) is 5.82 Å². The first-order chi connectivity index (χ1) is 9.16. The molecular weight excluding hydrogens is 311 g/mol. The number of rotatable bonds is 5. The summed E-state index contributed by atoms with van der Waals surface area (Å²) in [6.45, 7) is 1.83. The molecule has 1 aromatic carbocycles. The van der Waals surface area contributed by atoms with E-state index >= 15 is 0 Å². The molecule has 1 amide bonds. The van der Waals surface area contributed by atoms with E-state index in [1.807, 2.05) is 0 Å². The topological polar surface area (TPSA) is 98.5 Å². The molecule has 0 aliphatic carbocycles. The molecule has 0 saturated heterocycles. The molecule has 1 atom stereocenters. The van der Waals surface area contributed by atoms with Crippen molar-refractivity contribution < 1.29 is 22.3 Å². The fraction of sp³-hybridized carbons (Fsp3) is 0.364. The van der Waals surface area contributed by atoms with Crippen LogP contribution < -0.4 is 10.5 Å². The van der Waals surface area contributed by atoms with Gasteiger partial charge in [-0.25, -0.2) is 17.9 Å². The van der Waals surface area contributed by atoms with Gasteiger partial charge in [0.15, 0.2) is 5.82 Å². The lowest BCUT2D eigenvalue weighted by atomic mass is 10.2. The number of halogens is 2. The first-order valence-electron chi connectivity index (χ1n) is 5.49. The van der Waals surface area contributed by atoms with E-state index in [0.29, 0.717) is 0 Å². The molecular formula is C11H14ClFN2O4S. The van der Waals surface area contributed by atoms with Crippen molar-refractivity contribution in [2.45, 2.75) is 17.9 Å². The molecule has 0 fully saturated rings. The second-order valence-electron chi connectivity index (χ2n) is 4.07. The summed E-state index contributed by atoms with van der Waals surface area (Å²) in [6, 6.07) is 1.87. The van der Waals surface area contributed by atoms with E-state index < -0.39 is 32.2 Å². The van der Waals surface area contributed by atoms with Crippen LogP contribution in [0.1, 0.15) is 17.3 Å². The van der Waals surface area contributed by atoms with Gasteiger partial charge in [-0.2, -0.15) is 0 Å². The first kappa shape index (κ1) is 16.8. The molecule has 20 heavy (non-hydrogen) atoms. The van der Waals surface area contributed by atoms with Crippen LogP contribution in [0.4, 0.5) is 4.39 Å². The molecule has 0 heterocycles. The van der Waals surface area contributed by atoms with Gasteiger partial charge in [0.25, 0.3) is 5.91 Å². The quantitative estimate of drug-likeness (QED) is 0.840. The van der Waals surface area contributed by atoms with Gasteiger partial charge in [0, 0.05) is 18.7 Å². The Balaban J connectivity index is 3.13. The second kappa shape index (κ2) is 6.49. The molecule has 3 N–H and O–H groups in total. The fourth-order valence-electron chi connectivity index (χ4n) is 1.35. The zero-order chi connectivity index (χ0) is 15.5. The van der Waals surface area contributed by atoms with Crippen LogP contribution in [0.15, 0.2) is 17.0 Å². The molecule has 0 aromatic heterocycles. The highest BCUT2D eigenvalue weighted by Gasteiger charge is 2.22. The molecule has 9 heteroatoms. The van der Waals surface area contributed by atoms with Crippen molar-refractivity contribution >= 4 is 27.5 Å². The number of methoxy groups -OCH3 is 1. The third-order valence-corrected chi connectivity index (χ3v) is 3.64. The normalized spacial score (nSPS) is 13.1. The minimum Gasteiger partial charge on any atom is -0.380 e. The Kier molecular flexibility index (Phi) is 5.46. The Labute approximate surface area is 121 Å². The summed E-state index contributed by atoms with van der Waals surface area (Å²) in [4.78, 5) is 11.0.